The van der Waals surface area contributed by atoms with Gasteiger partial charge >= 0.3 is 0 Å². The van der Waals surface area contributed by atoms with E-state index in [-0.39, 0.29) is 18.1 Å². The second-order valence-corrected chi connectivity index (χ2v) is 9.76. The summed E-state index contributed by atoms with van der Waals surface area (Å²) in [4.78, 5) is 30.5. The third-order valence-electron chi connectivity index (χ3n) is 6.08. The highest BCUT2D eigenvalue weighted by atomic mass is 79.9. The average Bonchev–Trinajstić information content (AvgIpc) is 2.98. The minimum Gasteiger partial charge on any atom is -0.493 e. The SMILES string of the molecule is COc1cc(C=Nn2c(-c3ccccc3)nc3ccccc3c2=O)c(Br)cc1OCC(=O)Nc1ccc(C)cc1. The van der Waals surface area contributed by atoms with Crippen LogP contribution in [0.3, 0.4) is 0 Å². The third kappa shape index (κ3) is 5.94. The van der Waals surface area contributed by atoms with Crippen molar-refractivity contribution in [3.8, 4) is 22.9 Å². The number of hydrogen-bond acceptors (Lipinski definition) is 6. The number of nitrogens with zero attached hydrogens (tertiary/aromatic N) is 3. The van der Waals surface area contributed by atoms with E-state index in [4.69, 9.17) is 14.5 Å². The van der Waals surface area contributed by atoms with Gasteiger partial charge in [0.15, 0.2) is 23.9 Å². The Balaban J connectivity index is 1.42. The zero-order chi connectivity index (χ0) is 28.1. The van der Waals surface area contributed by atoms with Gasteiger partial charge in [0.25, 0.3) is 11.5 Å². The van der Waals surface area contributed by atoms with Crippen LogP contribution in [0.2, 0.25) is 0 Å². The fourth-order valence-corrected chi connectivity index (χ4v) is 4.45. The second kappa shape index (κ2) is 12.0. The molecule has 0 aliphatic carbocycles. The predicted molar refractivity (Wildman–Crippen MR) is 160 cm³/mol. The molecular formula is C31H25BrN4O4. The molecule has 5 aromatic rings. The number of aromatic nitrogens is 2. The van der Waals surface area contributed by atoms with Crippen molar-refractivity contribution in [3.05, 3.63) is 117 Å². The van der Waals surface area contributed by atoms with Crippen molar-refractivity contribution in [2.24, 2.45) is 5.10 Å². The van der Waals surface area contributed by atoms with Crippen LogP contribution in [-0.2, 0) is 4.79 Å². The average molecular weight is 597 g/mol. The van der Waals surface area contributed by atoms with Crippen LogP contribution in [-0.4, -0.2) is 35.5 Å². The Morgan fingerprint density at radius 2 is 1.73 bits per heavy atom. The van der Waals surface area contributed by atoms with Crippen molar-refractivity contribution in [1.82, 2.24) is 9.66 Å². The van der Waals surface area contributed by atoms with E-state index in [1.807, 2.05) is 67.6 Å². The molecule has 1 aromatic heterocycles. The van der Waals surface area contributed by atoms with Crippen molar-refractivity contribution < 1.29 is 14.3 Å². The number of fused-ring (bicyclic) bond motifs is 1. The van der Waals surface area contributed by atoms with Crippen molar-refractivity contribution in [2.75, 3.05) is 19.0 Å². The number of nitrogens with one attached hydrogen (secondary N) is 1. The summed E-state index contributed by atoms with van der Waals surface area (Å²) in [5.74, 6) is 0.896. The number of carbonyl (C=O) groups excluding carboxylic acids is 1. The summed E-state index contributed by atoms with van der Waals surface area (Å²) in [7, 11) is 1.51. The number of para-hydroxylation sites is 1. The first-order valence-corrected chi connectivity index (χ1v) is 13.2. The molecule has 0 aliphatic heterocycles. The number of carbonyl (C=O) groups is 1. The standard InChI is InChI=1S/C31H25BrN4O4/c1-20-12-14-23(15-13-20)34-29(37)19-40-28-17-25(32)22(16-27(28)39-2)18-33-36-30(21-8-4-3-5-9-21)35-26-11-7-6-10-24(26)31(36)38/h3-18H,19H2,1-2H3,(H,34,37). The number of rotatable bonds is 8. The summed E-state index contributed by atoms with van der Waals surface area (Å²) in [6, 6.07) is 27.5. The Labute approximate surface area is 239 Å². The van der Waals surface area contributed by atoms with E-state index in [9.17, 15) is 9.59 Å². The van der Waals surface area contributed by atoms with E-state index in [1.54, 1.807) is 36.5 Å². The van der Waals surface area contributed by atoms with Gasteiger partial charge in [0.1, 0.15) is 0 Å². The molecule has 0 unspecified atom stereocenters. The number of aryl methyl sites for hydroxylation is 1. The monoisotopic (exact) mass is 596 g/mol. The van der Waals surface area contributed by atoms with Crippen LogP contribution in [0, 0.1) is 6.92 Å². The number of ether oxygens (including phenoxy) is 2. The highest BCUT2D eigenvalue weighted by molar-refractivity contribution is 9.10. The van der Waals surface area contributed by atoms with E-state index in [2.05, 4.69) is 26.3 Å². The highest BCUT2D eigenvalue weighted by Gasteiger charge is 2.14. The van der Waals surface area contributed by atoms with Crippen molar-refractivity contribution in [2.45, 2.75) is 6.92 Å². The third-order valence-corrected chi connectivity index (χ3v) is 6.76. The normalized spacial score (nSPS) is 11.1. The predicted octanol–water partition coefficient (Wildman–Crippen LogP) is 6.04. The van der Waals surface area contributed by atoms with Crippen LogP contribution >= 0.6 is 15.9 Å². The lowest BCUT2D eigenvalue weighted by molar-refractivity contribution is -0.118. The topological polar surface area (TPSA) is 94.8 Å². The van der Waals surface area contributed by atoms with Crippen LogP contribution in [0.5, 0.6) is 11.5 Å². The van der Waals surface area contributed by atoms with Gasteiger partial charge < -0.3 is 14.8 Å². The lowest BCUT2D eigenvalue weighted by Crippen LogP contribution is -2.20. The molecule has 1 amide bonds. The quantitative estimate of drug-likeness (QED) is 0.220. The molecule has 200 valence electrons. The van der Waals surface area contributed by atoms with Gasteiger partial charge in [0, 0.05) is 21.3 Å². The first-order chi connectivity index (χ1) is 19.4. The van der Waals surface area contributed by atoms with E-state index >= 15 is 0 Å². The maximum Gasteiger partial charge on any atom is 0.282 e. The van der Waals surface area contributed by atoms with E-state index in [0.29, 0.717) is 43.9 Å². The highest BCUT2D eigenvalue weighted by Crippen LogP contribution is 2.33. The van der Waals surface area contributed by atoms with Crippen molar-refractivity contribution in [1.29, 1.82) is 0 Å². The molecule has 0 spiro atoms. The van der Waals surface area contributed by atoms with Gasteiger partial charge in [-0.05, 0) is 59.3 Å². The van der Waals surface area contributed by atoms with Gasteiger partial charge in [-0.25, -0.2) is 4.98 Å². The Bertz CT molecular complexity index is 1770. The van der Waals surface area contributed by atoms with Crippen LogP contribution in [0.4, 0.5) is 5.69 Å². The second-order valence-electron chi connectivity index (χ2n) is 8.91. The van der Waals surface area contributed by atoms with Crippen molar-refractivity contribution >= 4 is 44.6 Å². The number of benzene rings is 4. The molecule has 8 nitrogen and oxygen atoms in total. The fourth-order valence-electron chi connectivity index (χ4n) is 4.02. The largest absolute Gasteiger partial charge is 0.493 e. The molecule has 1 N–H and O–H groups in total. The Morgan fingerprint density at radius 3 is 2.48 bits per heavy atom. The maximum atomic E-state index is 13.4. The van der Waals surface area contributed by atoms with Gasteiger partial charge in [-0.1, -0.05) is 60.2 Å². The smallest absolute Gasteiger partial charge is 0.282 e. The van der Waals surface area contributed by atoms with E-state index < -0.39 is 0 Å². The Hall–Kier alpha value is -4.76. The number of halogens is 1. The van der Waals surface area contributed by atoms with Gasteiger partial charge in [-0.3, -0.25) is 9.59 Å². The molecule has 5 rings (SSSR count). The molecule has 0 aliphatic rings. The fraction of sp³-hybridized carbons (Fsp3) is 0.0968. The summed E-state index contributed by atoms with van der Waals surface area (Å²) >= 11 is 3.54. The molecular weight excluding hydrogens is 572 g/mol. The van der Waals surface area contributed by atoms with Crippen molar-refractivity contribution in [3.63, 3.8) is 0 Å². The summed E-state index contributed by atoms with van der Waals surface area (Å²) in [6.07, 6.45) is 1.55. The van der Waals surface area contributed by atoms with E-state index in [0.717, 1.165) is 11.1 Å². The molecule has 0 radical (unpaired) electrons. The number of hydrogen-bond donors (Lipinski definition) is 1. The molecule has 0 saturated carbocycles. The maximum absolute atomic E-state index is 13.4. The number of amides is 1. The summed E-state index contributed by atoms with van der Waals surface area (Å²) in [5.41, 5.74) is 3.48. The van der Waals surface area contributed by atoms with Crippen LogP contribution < -0.4 is 20.3 Å². The lowest BCUT2D eigenvalue weighted by Gasteiger charge is -2.13. The summed E-state index contributed by atoms with van der Waals surface area (Å²) in [6.45, 7) is 1.77. The van der Waals surface area contributed by atoms with Gasteiger partial charge in [0.2, 0.25) is 0 Å². The van der Waals surface area contributed by atoms with Gasteiger partial charge in [0.05, 0.1) is 24.2 Å². The minimum atomic E-state index is -0.302. The number of anilines is 1. The summed E-state index contributed by atoms with van der Waals surface area (Å²) in [5, 5.41) is 7.79. The molecule has 0 atom stereocenters. The minimum absolute atomic E-state index is 0.206. The van der Waals surface area contributed by atoms with E-state index in [1.165, 1.54) is 11.8 Å². The molecule has 0 bridgehead atoms. The zero-order valence-electron chi connectivity index (χ0n) is 21.8. The van der Waals surface area contributed by atoms with Crippen LogP contribution in [0.25, 0.3) is 22.3 Å². The Kier molecular flexibility index (Phi) is 8.02. The van der Waals surface area contributed by atoms with Gasteiger partial charge in [-0.15, -0.1) is 0 Å². The molecule has 0 saturated heterocycles. The molecule has 1 heterocycles. The van der Waals surface area contributed by atoms with Crippen LogP contribution in [0.1, 0.15) is 11.1 Å². The lowest BCUT2D eigenvalue weighted by atomic mass is 10.2. The molecule has 40 heavy (non-hydrogen) atoms. The molecule has 4 aromatic carbocycles. The van der Waals surface area contributed by atoms with Gasteiger partial charge in [-0.2, -0.15) is 9.78 Å². The Morgan fingerprint density at radius 1 is 1.00 bits per heavy atom. The zero-order valence-corrected chi connectivity index (χ0v) is 23.4. The molecule has 9 heteroatoms. The number of methoxy groups -OCH3 is 1. The summed E-state index contributed by atoms with van der Waals surface area (Å²) < 4.78 is 13.2. The first kappa shape index (κ1) is 26.8. The van der Waals surface area contributed by atoms with Crippen LogP contribution in [0.15, 0.2) is 105 Å². The first-order valence-electron chi connectivity index (χ1n) is 12.4. The molecule has 0 fully saturated rings.